The SMILES string of the molecule is CC1(C)C(=O)N(CC#Cc2cnc3c(c2)C[C@@]2(C3)C(=O)Nc3ncccc32)[C@](C)(c2cc(F)cc(F)c2)CN1[11CH3]. The number of amides is 2. The summed E-state index contributed by atoms with van der Waals surface area (Å²) in [5.74, 6) is 5.18. The van der Waals surface area contributed by atoms with E-state index in [9.17, 15) is 18.4 Å². The van der Waals surface area contributed by atoms with Crippen molar-refractivity contribution < 1.29 is 18.4 Å². The monoisotopic (exact) mass is 540 g/mol. The van der Waals surface area contributed by atoms with Crippen LogP contribution in [0.3, 0.4) is 0 Å². The zero-order valence-electron chi connectivity index (χ0n) is 22.8. The maximum atomic E-state index is 14.2. The summed E-state index contributed by atoms with van der Waals surface area (Å²) in [5, 5.41) is 2.90. The van der Waals surface area contributed by atoms with E-state index >= 15 is 0 Å². The van der Waals surface area contributed by atoms with Gasteiger partial charge in [0.25, 0.3) is 0 Å². The van der Waals surface area contributed by atoms with E-state index in [1.165, 1.54) is 12.1 Å². The number of piperazine rings is 1. The molecule has 4 heterocycles. The Labute approximate surface area is 231 Å². The lowest BCUT2D eigenvalue weighted by Gasteiger charge is -2.54. The molecule has 0 saturated carbocycles. The normalized spacial score (nSPS) is 24.9. The minimum Gasteiger partial charge on any atom is -0.319 e. The Hall–Kier alpha value is -4.16. The highest BCUT2D eigenvalue weighted by Gasteiger charge is 2.52. The first kappa shape index (κ1) is 26.1. The summed E-state index contributed by atoms with van der Waals surface area (Å²) < 4.78 is 28.4. The van der Waals surface area contributed by atoms with Crippen molar-refractivity contribution in [3.05, 3.63) is 88.4 Å². The van der Waals surface area contributed by atoms with Crippen LogP contribution in [-0.2, 0) is 33.4 Å². The van der Waals surface area contributed by atoms with Crippen molar-refractivity contribution in [2.24, 2.45) is 0 Å². The molecule has 40 heavy (non-hydrogen) atoms. The molecule has 2 atom stereocenters. The summed E-state index contributed by atoms with van der Waals surface area (Å²) in [6, 6.07) is 9.09. The molecule has 0 unspecified atom stereocenters. The van der Waals surface area contributed by atoms with Gasteiger partial charge in [-0.05, 0) is 69.6 Å². The number of hydrogen-bond donors (Lipinski definition) is 1. The first-order chi connectivity index (χ1) is 18.9. The lowest BCUT2D eigenvalue weighted by atomic mass is 9.80. The van der Waals surface area contributed by atoms with Crippen molar-refractivity contribution in [2.45, 2.75) is 50.1 Å². The average molecular weight is 541 g/mol. The zero-order chi connectivity index (χ0) is 28.4. The minimum absolute atomic E-state index is 0.0627. The number of benzene rings is 1. The number of carbonyl (C=O) groups excluding carboxylic acids is 2. The van der Waals surface area contributed by atoms with Crippen molar-refractivity contribution >= 4 is 17.6 Å². The molecule has 1 fully saturated rings. The number of likely N-dealkylation sites (N-methyl/N-ethyl adjacent to an activating group) is 1. The summed E-state index contributed by atoms with van der Waals surface area (Å²) in [7, 11) is 1.83. The van der Waals surface area contributed by atoms with Crippen LogP contribution in [-0.4, -0.2) is 57.3 Å². The molecule has 0 bridgehead atoms. The summed E-state index contributed by atoms with van der Waals surface area (Å²) in [4.78, 5) is 39.1. The number of rotatable bonds is 2. The number of hydrogen-bond acceptors (Lipinski definition) is 5. The molecule has 7 nitrogen and oxygen atoms in total. The van der Waals surface area contributed by atoms with Gasteiger partial charge in [0.15, 0.2) is 0 Å². The Morgan fingerprint density at radius 3 is 2.55 bits per heavy atom. The second kappa shape index (κ2) is 8.93. The van der Waals surface area contributed by atoms with Crippen LogP contribution in [0.15, 0.2) is 48.8 Å². The van der Waals surface area contributed by atoms with Crippen LogP contribution in [0.5, 0.6) is 0 Å². The smallest absolute Gasteiger partial charge is 0.244 e. The molecule has 2 amide bonds. The topological polar surface area (TPSA) is 78.4 Å². The summed E-state index contributed by atoms with van der Waals surface area (Å²) in [6.45, 7) is 5.90. The van der Waals surface area contributed by atoms with E-state index in [1.54, 1.807) is 17.3 Å². The van der Waals surface area contributed by atoms with Crippen LogP contribution in [0.25, 0.3) is 0 Å². The molecular formula is C31H29F2N5O2. The molecule has 9 heteroatoms. The number of aromatic nitrogens is 2. The fourth-order valence-corrected chi connectivity index (χ4v) is 6.23. The molecule has 2 aromatic heterocycles. The largest absolute Gasteiger partial charge is 0.319 e. The van der Waals surface area contributed by atoms with Gasteiger partial charge in [0.1, 0.15) is 17.5 Å². The van der Waals surface area contributed by atoms with Gasteiger partial charge in [0.2, 0.25) is 11.8 Å². The van der Waals surface area contributed by atoms with E-state index in [1.807, 2.05) is 50.9 Å². The number of fused-ring (bicyclic) bond motifs is 3. The van der Waals surface area contributed by atoms with Crippen LogP contribution in [0.1, 0.15) is 48.7 Å². The quantitative estimate of drug-likeness (QED) is 0.503. The third kappa shape index (κ3) is 3.89. The van der Waals surface area contributed by atoms with E-state index < -0.39 is 28.1 Å². The van der Waals surface area contributed by atoms with Crippen LogP contribution < -0.4 is 5.32 Å². The maximum absolute atomic E-state index is 14.2. The van der Waals surface area contributed by atoms with Gasteiger partial charge < -0.3 is 10.2 Å². The van der Waals surface area contributed by atoms with Gasteiger partial charge >= 0.3 is 0 Å². The molecule has 3 aromatic rings. The molecule has 6 rings (SSSR count). The first-order valence-electron chi connectivity index (χ1n) is 13.2. The van der Waals surface area contributed by atoms with Gasteiger partial charge in [0.05, 0.1) is 23.0 Å². The predicted molar refractivity (Wildman–Crippen MR) is 145 cm³/mol. The lowest BCUT2D eigenvalue weighted by Crippen LogP contribution is -2.69. The molecule has 2 aliphatic heterocycles. The molecule has 1 spiro atoms. The van der Waals surface area contributed by atoms with Crippen molar-refractivity contribution in [2.75, 3.05) is 25.5 Å². The highest BCUT2D eigenvalue weighted by molar-refractivity contribution is 6.06. The second-order valence-electron chi connectivity index (χ2n) is 11.7. The fourth-order valence-electron chi connectivity index (χ4n) is 6.23. The highest BCUT2D eigenvalue weighted by Crippen LogP contribution is 2.46. The Kier molecular flexibility index (Phi) is 5.82. The fraction of sp³-hybridized carbons (Fsp3) is 0.355. The van der Waals surface area contributed by atoms with Crippen LogP contribution in [0.4, 0.5) is 14.6 Å². The van der Waals surface area contributed by atoms with Crippen LogP contribution in [0, 0.1) is 23.5 Å². The zero-order valence-corrected chi connectivity index (χ0v) is 22.8. The van der Waals surface area contributed by atoms with Gasteiger partial charge in [-0.15, -0.1) is 0 Å². The molecule has 1 N–H and O–H groups in total. The van der Waals surface area contributed by atoms with Gasteiger partial charge in [-0.1, -0.05) is 17.9 Å². The lowest BCUT2D eigenvalue weighted by molar-refractivity contribution is -0.159. The molecule has 0 radical (unpaired) electrons. The summed E-state index contributed by atoms with van der Waals surface area (Å²) in [6.07, 6.45) is 4.34. The van der Waals surface area contributed by atoms with Crippen molar-refractivity contribution in [1.82, 2.24) is 19.8 Å². The number of pyridine rings is 2. The molecule has 1 saturated heterocycles. The summed E-state index contributed by atoms with van der Waals surface area (Å²) in [5.41, 5.74) is 1.20. The third-order valence-corrected chi connectivity index (χ3v) is 8.83. The van der Waals surface area contributed by atoms with E-state index in [4.69, 9.17) is 0 Å². The van der Waals surface area contributed by atoms with Crippen molar-refractivity contribution in [3.8, 4) is 11.8 Å². The van der Waals surface area contributed by atoms with E-state index in [0.29, 0.717) is 36.3 Å². The summed E-state index contributed by atoms with van der Waals surface area (Å²) >= 11 is 0. The van der Waals surface area contributed by atoms with E-state index in [0.717, 1.165) is 22.9 Å². The highest BCUT2D eigenvalue weighted by atomic mass is 19.1. The number of carbonyl (C=O) groups is 2. The minimum atomic E-state index is -1.00. The second-order valence-corrected chi connectivity index (χ2v) is 11.7. The van der Waals surface area contributed by atoms with Crippen molar-refractivity contribution in [3.63, 3.8) is 0 Å². The maximum Gasteiger partial charge on any atom is 0.244 e. The van der Waals surface area contributed by atoms with E-state index in [2.05, 4.69) is 27.1 Å². The van der Waals surface area contributed by atoms with Gasteiger partial charge in [-0.3, -0.25) is 19.5 Å². The molecule has 1 aromatic carbocycles. The van der Waals surface area contributed by atoms with Gasteiger partial charge in [0, 0.05) is 48.2 Å². The van der Waals surface area contributed by atoms with Gasteiger partial charge in [-0.25, -0.2) is 13.8 Å². The van der Waals surface area contributed by atoms with E-state index in [-0.39, 0.29) is 18.4 Å². The Bertz CT molecular complexity index is 1620. The Morgan fingerprint density at radius 1 is 1.05 bits per heavy atom. The number of nitrogens with zero attached hydrogens (tertiary/aromatic N) is 4. The Morgan fingerprint density at radius 2 is 1.80 bits per heavy atom. The molecule has 204 valence electrons. The average Bonchev–Trinajstić information content (AvgIpc) is 3.41. The first-order valence-corrected chi connectivity index (χ1v) is 13.2. The molecule has 1 aliphatic carbocycles. The van der Waals surface area contributed by atoms with Crippen molar-refractivity contribution in [1.29, 1.82) is 0 Å². The molecular weight excluding hydrogens is 511 g/mol. The van der Waals surface area contributed by atoms with Crippen LogP contribution >= 0.6 is 0 Å². The Balaban J connectivity index is 1.29. The molecule has 3 aliphatic rings. The third-order valence-electron chi connectivity index (χ3n) is 8.83. The number of halogens is 2. The van der Waals surface area contributed by atoms with Crippen LogP contribution in [0.2, 0.25) is 0 Å². The number of anilines is 1. The van der Waals surface area contributed by atoms with Gasteiger partial charge in [-0.2, -0.15) is 0 Å². The number of nitrogens with one attached hydrogen (secondary N) is 1. The standard InChI is InChI=1S/C31H29F2N5O2/c1-29(2)28(40)38(30(3,18-37(29)4)21-12-22(32)14-23(33)13-21)10-6-7-19-11-20-15-31(16-25(20)35-17-19)24-8-5-9-34-26(24)36-27(31)39/h5,8-9,11-14,17H,10,15-16,18H2,1-4H3,(H,34,36,39)/t30-,31-/m0/s1/i4-1. The predicted octanol–water partition coefficient (Wildman–Crippen LogP) is 3.56.